The third kappa shape index (κ3) is 2.85. The van der Waals surface area contributed by atoms with E-state index in [0.29, 0.717) is 24.2 Å². The van der Waals surface area contributed by atoms with Crippen LogP contribution in [0.15, 0.2) is 22.9 Å². The lowest BCUT2D eigenvalue weighted by atomic mass is 9.87. The molecule has 1 fully saturated rings. The Hall–Kier alpha value is -1.78. The molecule has 0 bridgehead atoms. The van der Waals surface area contributed by atoms with Crippen molar-refractivity contribution in [2.75, 3.05) is 23.7 Å². The lowest BCUT2D eigenvalue weighted by Gasteiger charge is -2.32. The molecule has 7 nitrogen and oxygen atoms in total. The molecule has 0 amide bonds. The largest absolute Gasteiger partial charge is 0.384 e. The van der Waals surface area contributed by atoms with Crippen molar-refractivity contribution in [2.45, 2.75) is 25.0 Å². The van der Waals surface area contributed by atoms with E-state index in [2.05, 4.69) is 15.0 Å². The first-order valence-corrected chi connectivity index (χ1v) is 10.0. The number of nitrogens with two attached hydrogens (primary N) is 1. The van der Waals surface area contributed by atoms with Crippen LogP contribution in [-0.4, -0.2) is 44.1 Å². The highest BCUT2D eigenvalue weighted by molar-refractivity contribution is 8.13. The van der Waals surface area contributed by atoms with Gasteiger partial charge < -0.3 is 15.7 Å². The molecule has 2 aliphatic heterocycles. The monoisotopic (exact) mass is 394 g/mol. The van der Waals surface area contributed by atoms with Gasteiger partial charge in [0.05, 0.1) is 23.1 Å². The van der Waals surface area contributed by atoms with Gasteiger partial charge in [0.25, 0.3) is 0 Å². The molecule has 0 aliphatic carbocycles. The van der Waals surface area contributed by atoms with Gasteiger partial charge in [0.2, 0.25) is 5.95 Å². The van der Waals surface area contributed by atoms with Crippen molar-refractivity contribution in [2.24, 2.45) is 16.6 Å². The second kappa shape index (κ2) is 6.14. The van der Waals surface area contributed by atoms with Gasteiger partial charge in [-0.15, -0.1) is 11.3 Å². The Morgan fingerprint density at radius 3 is 2.92 bits per heavy atom. The van der Waals surface area contributed by atoms with E-state index in [1.807, 2.05) is 11.1 Å². The van der Waals surface area contributed by atoms with E-state index in [1.165, 1.54) is 13.8 Å². The van der Waals surface area contributed by atoms with E-state index in [4.69, 9.17) is 10.7 Å². The normalized spacial score (nSPS) is 25.9. The molecule has 26 heavy (non-hydrogen) atoms. The zero-order chi connectivity index (χ0) is 18.5. The average molecular weight is 395 g/mol. The highest BCUT2D eigenvalue weighted by Crippen LogP contribution is 2.47. The van der Waals surface area contributed by atoms with E-state index in [9.17, 15) is 9.50 Å². The first-order chi connectivity index (χ1) is 12.3. The Balaban J connectivity index is 1.74. The number of aromatic nitrogens is 3. The van der Waals surface area contributed by atoms with Gasteiger partial charge in [-0.05, 0) is 13.8 Å². The van der Waals surface area contributed by atoms with Gasteiger partial charge in [0.15, 0.2) is 11.0 Å². The minimum atomic E-state index is -1.39. The topological polar surface area (TPSA) is 101 Å². The quantitative estimate of drug-likeness (QED) is 0.817. The summed E-state index contributed by atoms with van der Waals surface area (Å²) in [5.74, 6) is 0.830. The Labute approximate surface area is 158 Å². The standard InChI is InChI=1S/C16H19FN6OS2/c1-15(2,24)12-10(17)3-20-14(21-12)23-5-9-6-25-13(18)22-16(9,7-23)11-4-19-8-26-11/h3-4,8-9,24H,5-7H2,1-2H3,(H2,18,22)/t9-,16?/m0/s1. The number of halogens is 1. The van der Waals surface area contributed by atoms with Crippen LogP contribution in [0.3, 0.4) is 0 Å². The molecule has 1 saturated heterocycles. The van der Waals surface area contributed by atoms with Gasteiger partial charge in [-0.1, -0.05) is 11.8 Å². The number of aliphatic imine (C=N–C) groups is 1. The second-order valence-electron chi connectivity index (χ2n) is 7.05. The van der Waals surface area contributed by atoms with Crippen LogP contribution in [-0.2, 0) is 11.1 Å². The number of hydrogen-bond acceptors (Lipinski definition) is 9. The predicted octanol–water partition coefficient (Wildman–Crippen LogP) is 1.69. The van der Waals surface area contributed by atoms with Crippen LogP contribution in [0.4, 0.5) is 10.3 Å². The molecule has 0 saturated carbocycles. The molecule has 0 aromatic carbocycles. The summed E-state index contributed by atoms with van der Waals surface area (Å²) in [6.45, 7) is 4.23. The fourth-order valence-corrected chi connectivity index (χ4v) is 5.31. The number of fused-ring (bicyclic) bond motifs is 1. The molecule has 2 aromatic rings. The maximum Gasteiger partial charge on any atom is 0.225 e. The van der Waals surface area contributed by atoms with Crippen molar-refractivity contribution in [3.05, 3.63) is 34.3 Å². The molecule has 2 atom stereocenters. The summed E-state index contributed by atoms with van der Waals surface area (Å²) >= 11 is 3.10. The van der Waals surface area contributed by atoms with Crippen LogP contribution >= 0.6 is 23.1 Å². The lowest BCUT2D eigenvalue weighted by molar-refractivity contribution is 0.0693. The van der Waals surface area contributed by atoms with E-state index in [0.717, 1.165) is 16.8 Å². The number of rotatable bonds is 3. The first-order valence-electron chi connectivity index (χ1n) is 8.17. The summed E-state index contributed by atoms with van der Waals surface area (Å²) < 4.78 is 14.0. The molecule has 2 aliphatic rings. The van der Waals surface area contributed by atoms with Crippen molar-refractivity contribution >= 4 is 34.2 Å². The SMILES string of the molecule is CC(C)(O)c1nc(N2C[C@H]3CSC(N)=NC3(c3cncs3)C2)ncc1F. The van der Waals surface area contributed by atoms with Crippen LogP contribution < -0.4 is 10.6 Å². The highest BCUT2D eigenvalue weighted by atomic mass is 32.2. The molecule has 0 spiro atoms. The maximum absolute atomic E-state index is 14.0. The summed E-state index contributed by atoms with van der Waals surface area (Å²) in [7, 11) is 0. The smallest absolute Gasteiger partial charge is 0.225 e. The minimum Gasteiger partial charge on any atom is -0.384 e. The van der Waals surface area contributed by atoms with Crippen molar-refractivity contribution in [3.8, 4) is 0 Å². The minimum absolute atomic E-state index is 0.0124. The average Bonchev–Trinajstić information content (AvgIpc) is 3.22. The number of anilines is 1. The third-order valence-corrected chi connectivity index (χ3v) is 6.64. The van der Waals surface area contributed by atoms with E-state index >= 15 is 0 Å². The van der Waals surface area contributed by atoms with E-state index < -0.39 is 17.0 Å². The Morgan fingerprint density at radius 2 is 2.23 bits per heavy atom. The zero-order valence-corrected chi connectivity index (χ0v) is 16.0. The zero-order valence-electron chi connectivity index (χ0n) is 14.4. The summed E-state index contributed by atoms with van der Waals surface area (Å²) in [6, 6.07) is 0. The Kier molecular flexibility index (Phi) is 4.16. The van der Waals surface area contributed by atoms with Crippen LogP contribution in [0.1, 0.15) is 24.4 Å². The number of thioether (sulfide) groups is 1. The molecular weight excluding hydrogens is 375 g/mol. The van der Waals surface area contributed by atoms with Crippen molar-refractivity contribution in [3.63, 3.8) is 0 Å². The van der Waals surface area contributed by atoms with Crippen LogP contribution in [0.25, 0.3) is 0 Å². The fraction of sp³-hybridized carbons (Fsp3) is 0.500. The molecule has 4 heterocycles. The molecule has 4 rings (SSSR count). The summed E-state index contributed by atoms with van der Waals surface area (Å²) in [5, 5.41) is 10.7. The second-order valence-corrected chi connectivity index (χ2v) is 8.98. The van der Waals surface area contributed by atoms with Gasteiger partial charge in [-0.25, -0.2) is 19.4 Å². The van der Waals surface area contributed by atoms with E-state index in [-0.39, 0.29) is 11.6 Å². The Bertz CT molecular complexity index is 853. The lowest BCUT2D eigenvalue weighted by Crippen LogP contribution is -2.39. The number of hydrogen-bond donors (Lipinski definition) is 2. The molecule has 0 radical (unpaired) electrons. The van der Waals surface area contributed by atoms with Crippen LogP contribution in [0.5, 0.6) is 0 Å². The Morgan fingerprint density at radius 1 is 1.42 bits per heavy atom. The number of amidine groups is 1. The highest BCUT2D eigenvalue weighted by Gasteiger charge is 2.51. The van der Waals surface area contributed by atoms with Crippen molar-refractivity contribution in [1.29, 1.82) is 0 Å². The molecule has 2 aromatic heterocycles. The summed E-state index contributed by atoms with van der Waals surface area (Å²) in [5.41, 5.74) is 5.94. The number of aliphatic hydroxyl groups is 1. The summed E-state index contributed by atoms with van der Waals surface area (Å²) in [4.78, 5) is 20.5. The van der Waals surface area contributed by atoms with Gasteiger partial charge in [0, 0.05) is 24.4 Å². The summed E-state index contributed by atoms with van der Waals surface area (Å²) in [6.07, 6.45) is 2.95. The molecular formula is C16H19FN6OS2. The fourth-order valence-electron chi connectivity index (χ4n) is 3.49. The molecule has 1 unspecified atom stereocenters. The van der Waals surface area contributed by atoms with Crippen molar-refractivity contribution in [1.82, 2.24) is 15.0 Å². The first kappa shape index (κ1) is 17.6. The molecule has 10 heteroatoms. The number of nitrogens with zero attached hydrogens (tertiary/aromatic N) is 5. The van der Waals surface area contributed by atoms with Crippen LogP contribution in [0, 0.1) is 11.7 Å². The van der Waals surface area contributed by atoms with Gasteiger partial charge in [-0.2, -0.15) is 0 Å². The maximum atomic E-state index is 14.0. The van der Waals surface area contributed by atoms with Gasteiger partial charge >= 0.3 is 0 Å². The van der Waals surface area contributed by atoms with E-state index in [1.54, 1.807) is 28.6 Å². The number of thiazole rings is 1. The van der Waals surface area contributed by atoms with Crippen LogP contribution in [0.2, 0.25) is 0 Å². The van der Waals surface area contributed by atoms with Gasteiger partial charge in [-0.3, -0.25) is 4.98 Å². The molecule has 3 N–H and O–H groups in total. The van der Waals surface area contributed by atoms with Gasteiger partial charge in [0.1, 0.15) is 16.8 Å². The van der Waals surface area contributed by atoms with Crippen molar-refractivity contribution < 1.29 is 9.50 Å². The predicted molar refractivity (Wildman–Crippen MR) is 101 cm³/mol. The molecule has 138 valence electrons. The third-order valence-electron chi connectivity index (χ3n) is 4.74.